The molecule has 16 heavy (non-hydrogen) atoms. The Morgan fingerprint density at radius 1 is 1.25 bits per heavy atom. The zero-order chi connectivity index (χ0) is 12.0. The number of nitrogens with one attached hydrogen (secondary N) is 2. The van der Waals surface area contributed by atoms with Crippen molar-refractivity contribution in [3.63, 3.8) is 0 Å². The van der Waals surface area contributed by atoms with Gasteiger partial charge < -0.3 is 14.3 Å². The molecule has 0 aliphatic rings. The third-order valence-corrected chi connectivity index (χ3v) is 1.62. The van der Waals surface area contributed by atoms with Gasteiger partial charge >= 0.3 is 5.91 Å². The first-order chi connectivity index (χ1) is 7.59. The second-order valence-corrected chi connectivity index (χ2v) is 2.85. The van der Waals surface area contributed by atoms with Crippen molar-refractivity contribution in [2.45, 2.75) is 12.8 Å². The summed E-state index contributed by atoms with van der Waals surface area (Å²) >= 11 is 0. The first kappa shape index (κ1) is 11.8. The van der Waals surface area contributed by atoms with Crippen LogP contribution in [0.3, 0.4) is 0 Å². The molecule has 0 aromatic carbocycles. The number of hydrazine groups is 1. The highest BCUT2D eigenvalue weighted by molar-refractivity contribution is 5.93. The molecule has 0 fully saturated rings. The van der Waals surface area contributed by atoms with Crippen LogP contribution in [0.1, 0.15) is 23.4 Å². The summed E-state index contributed by atoms with van der Waals surface area (Å²) in [6, 6.07) is 2.94. The lowest BCUT2D eigenvalue weighted by atomic mass is 10.3. The number of carboxylic acids is 1. The van der Waals surface area contributed by atoms with Crippen molar-refractivity contribution in [2.24, 2.45) is 0 Å². The number of amides is 2. The van der Waals surface area contributed by atoms with Crippen LogP contribution in [0, 0.1) is 0 Å². The minimum Gasteiger partial charge on any atom is -0.550 e. The predicted octanol–water partition coefficient (Wildman–Crippen LogP) is -1.43. The van der Waals surface area contributed by atoms with Crippen LogP contribution in [0.2, 0.25) is 0 Å². The van der Waals surface area contributed by atoms with Crippen LogP contribution in [-0.2, 0) is 9.59 Å². The Balaban J connectivity index is 2.27. The van der Waals surface area contributed by atoms with Crippen molar-refractivity contribution in [2.75, 3.05) is 0 Å². The lowest BCUT2D eigenvalue weighted by molar-refractivity contribution is -0.305. The van der Waals surface area contributed by atoms with E-state index < -0.39 is 24.2 Å². The molecule has 0 unspecified atom stereocenters. The van der Waals surface area contributed by atoms with E-state index in [0.29, 0.717) is 0 Å². The molecular formula is C9H9N2O5-. The topological polar surface area (TPSA) is 111 Å². The Labute approximate surface area is 90.4 Å². The molecule has 0 atom stereocenters. The molecule has 0 radical (unpaired) electrons. The first-order valence-electron chi connectivity index (χ1n) is 4.42. The molecule has 0 saturated heterocycles. The molecule has 1 aromatic rings. The van der Waals surface area contributed by atoms with E-state index in [2.05, 4.69) is 5.43 Å². The maximum atomic E-state index is 11.2. The van der Waals surface area contributed by atoms with Gasteiger partial charge in [-0.3, -0.25) is 20.4 Å². The van der Waals surface area contributed by atoms with Crippen molar-refractivity contribution in [3.8, 4) is 0 Å². The third kappa shape index (κ3) is 3.82. The fourth-order valence-electron chi connectivity index (χ4n) is 0.874. The summed E-state index contributed by atoms with van der Waals surface area (Å²) in [6.07, 6.45) is 0.649. The van der Waals surface area contributed by atoms with Crippen LogP contribution < -0.4 is 16.0 Å². The van der Waals surface area contributed by atoms with E-state index in [9.17, 15) is 19.5 Å². The lowest BCUT2D eigenvalue weighted by Gasteiger charge is -2.05. The Morgan fingerprint density at radius 2 is 2.00 bits per heavy atom. The van der Waals surface area contributed by atoms with E-state index in [-0.39, 0.29) is 12.2 Å². The monoisotopic (exact) mass is 225 g/mol. The maximum Gasteiger partial charge on any atom is 0.305 e. The number of carbonyl (C=O) groups excluding carboxylic acids is 3. The zero-order valence-corrected chi connectivity index (χ0v) is 8.19. The highest BCUT2D eigenvalue weighted by Crippen LogP contribution is 1.98. The molecule has 1 rings (SSSR count). The quantitative estimate of drug-likeness (QED) is 0.610. The van der Waals surface area contributed by atoms with Crippen molar-refractivity contribution in [1.29, 1.82) is 0 Å². The van der Waals surface area contributed by atoms with E-state index in [1.54, 1.807) is 0 Å². The Bertz CT molecular complexity index is 385. The van der Waals surface area contributed by atoms with Gasteiger partial charge in [-0.1, -0.05) is 0 Å². The van der Waals surface area contributed by atoms with Gasteiger partial charge in [-0.2, -0.15) is 0 Å². The smallest absolute Gasteiger partial charge is 0.305 e. The van der Waals surface area contributed by atoms with Crippen molar-refractivity contribution < 1.29 is 23.9 Å². The molecule has 2 amide bonds. The standard InChI is InChI=1S/C9H10N2O5/c12-7(3-4-8(13)14)10-11-9(15)6-2-1-5-16-6/h1-2,5H,3-4H2,(H,10,12)(H,11,15)(H,13,14)/p-1. The van der Waals surface area contributed by atoms with Crippen LogP contribution in [-0.4, -0.2) is 17.8 Å². The van der Waals surface area contributed by atoms with Crippen LogP contribution in [0.15, 0.2) is 22.8 Å². The molecule has 1 aromatic heterocycles. The van der Waals surface area contributed by atoms with E-state index in [4.69, 9.17) is 4.42 Å². The second kappa shape index (κ2) is 5.54. The average molecular weight is 225 g/mol. The number of aliphatic carboxylic acids is 1. The minimum absolute atomic E-state index is 0.0419. The molecule has 0 aliphatic heterocycles. The lowest BCUT2D eigenvalue weighted by Crippen LogP contribution is -2.41. The Kier molecular flexibility index (Phi) is 4.07. The molecule has 0 aliphatic carbocycles. The van der Waals surface area contributed by atoms with Crippen LogP contribution in [0.25, 0.3) is 0 Å². The number of hydrogen-bond donors (Lipinski definition) is 2. The summed E-state index contributed by atoms with van der Waals surface area (Å²) in [7, 11) is 0. The average Bonchev–Trinajstić information content (AvgIpc) is 2.76. The van der Waals surface area contributed by atoms with Crippen molar-refractivity contribution >= 4 is 17.8 Å². The number of carboxylic acid groups (broad SMARTS) is 1. The third-order valence-electron chi connectivity index (χ3n) is 1.62. The van der Waals surface area contributed by atoms with Crippen LogP contribution in [0.4, 0.5) is 0 Å². The van der Waals surface area contributed by atoms with Gasteiger partial charge in [0.1, 0.15) is 0 Å². The van der Waals surface area contributed by atoms with Gasteiger partial charge in [-0.15, -0.1) is 0 Å². The van der Waals surface area contributed by atoms with Crippen molar-refractivity contribution in [3.05, 3.63) is 24.2 Å². The maximum absolute atomic E-state index is 11.2. The molecule has 2 N–H and O–H groups in total. The Hall–Kier alpha value is -2.31. The SMILES string of the molecule is O=C([O-])CCC(=O)NNC(=O)c1ccco1. The number of carbonyl (C=O) groups is 3. The van der Waals surface area contributed by atoms with E-state index in [0.717, 1.165) is 0 Å². The molecular weight excluding hydrogens is 216 g/mol. The summed E-state index contributed by atoms with van der Waals surface area (Å²) in [5, 5.41) is 10.0. The van der Waals surface area contributed by atoms with Gasteiger partial charge in [0.15, 0.2) is 5.76 Å². The van der Waals surface area contributed by atoms with E-state index in [1.165, 1.54) is 18.4 Å². The van der Waals surface area contributed by atoms with Gasteiger partial charge in [0.2, 0.25) is 5.91 Å². The fraction of sp³-hybridized carbons (Fsp3) is 0.222. The molecule has 86 valence electrons. The van der Waals surface area contributed by atoms with Gasteiger partial charge in [0.05, 0.1) is 6.26 Å². The second-order valence-electron chi connectivity index (χ2n) is 2.85. The number of hydrogen-bond acceptors (Lipinski definition) is 5. The van der Waals surface area contributed by atoms with Gasteiger partial charge in [-0.25, -0.2) is 0 Å². The summed E-state index contributed by atoms with van der Waals surface area (Å²) in [5.74, 6) is -2.52. The molecule has 0 saturated carbocycles. The van der Waals surface area contributed by atoms with Crippen molar-refractivity contribution in [1.82, 2.24) is 10.9 Å². The van der Waals surface area contributed by atoms with Crippen LogP contribution in [0.5, 0.6) is 0 Å². The zero-order valence-electron chi connectivity index (χ0n) is 8.19. The highest BCUT2D eigenvalue weighted by Gasteiger charge is 2.09. The molecule has 0 spiro atoms. The predicted molar refractivity (Wildman–Crippen MR) is 48.6 cm³/mol. The summed E-state index contributed by atoms with van der Waals surface area (Å²) in [5.41, 5.74) is 4.10. The van der Waals surface area contributed by atoms with Gasteiger partial charge in [0.25, 0.3) is 0 Å². The van der Waals surface area contributed by atoms with E-state index in [1.807, 2.05) is 5.43 Å². The van der Waals surface area contributed by atoms with E-state index >= 15 is 0 Å². The first-order valence-corrected chi connectivity index (χ1v) is 4.42. The number of rotatable bonds is 4. The summed E-state index contributed by atoms with van der Waals surface area (Å²) < 4.78 is 4.76. The summed E-state index contributed by atoms with van der Waals surface area (Å²) in [4.78, 5) is 32.2. The van der Waals surface area contributed by atoms with Crippen LogP contribution >= 0.6 is 0 Å². The molecule has 1 heterocycles. The molecule has 0 bridgehead atoms. The van der Waals surface area contributed by atoms with Gasteiger partial charge in [-0.05, 0) is 18.6 Å². The fourth-order valence-corrected chi connectivity index (χ4v) is 0.874. The van der Waals surface area contributed by atoms with Gasteiger partial charge in [0, 0.05) is 12.4 Å². The molecule has 7 nitrogen and oxygen atoms in total. The number of furan rings is 1. The minimum atomic E-state index is -1.33. The normalized spacial score (nSPS) is 9.50. The highest BCUT2D eigenvalue weighted by atomic mass is 16.4. The molecule has 7 heteroatoms. The largest absolute Gasteiger partial charge is 0.550 e. The summed E-state index contributed by atoms with van der Waals surface area (Å²) in [6.45, 7) is 0. The Morgan fingerprint density at radius 3 is 2.56 bits per heavy atom.